The summed E-state index contributed by atoms with van der Waals surface area (Å²) < 4.78 is 0. The molecule has 238 valence electrons. The van der Waals surface area contributed by atoms with Gasteiger partial charge < -0.3 is 0 Å². The van der Waals surface area contributed by atoms with Crippen LogP contribution in [0.5, 0.6) is 0 Å². The van der Waals surface area contributed by atoms with Crippen molar-refractivity contribution in [3.63, 3.8) is 0 Å². The Bertz CT molecular complexity index is 2700. The number of nitrogens with zero attached hydrogens (tertiary/aromatic N) is 3. The van der Waals surface area contributed by atoms with Gasteiger partial charge in [-0.25, -0.2) is 15.0 Å². The summed E-state index contributed by atoms with van der Waals surface area (Å²) in [7, 11) is 0. The van der Waals surface area contributed by atoms with Gasteiger partial charge in [0, 0.05) is 16.7 Å². The first-order chi connectivity index (χ1) is 25.2. The summed E-state index contributed by atoms with van der Waals surface area (Å²) in [6, 6.07) is 60.3. The van der Waals surface area contributed by atoms with E-state index >= 15 is 0 Å². The Morgan fingerprint density at radius 3 is 1.37 bits per heavy atom. The third-order valence-corrected chi connectivity index (χ3v) is 10.1. The molecule has 0 bridgehead atoms. The number of rotatable bonds is 5. The summed E-state index contributed by atoms with van der Waals surface area (Å²) in [5.74, 6) is 1.99. The molecular weight excluding hydrogens is 619 g/mol. The van der Waals surface area contributed by atoms with Crippen LogP contribution in [-0.2, 0) is 0 Å². The van der Waals surface area contributed by atoms with E-state index in [4.69, 9.17) is 15.0 Å². The maximum absolute atomic E-state index is 5.17. The van der Waals surface area contributed by atoms with E-state index in [0.717, 1.165) is 27.6 Å². The van der Waals surface area contributed by atoms with Crippen LogP contribution in [0.4, 0.5) is 0 Å². The van der Waals surface area contributed by atoms with E-state index in [1.165, 1.54) is 60.7 Å². The molecule has 8 aromatic carbocycles. The van der Waals surface area contributed by atoms with E-state index in [0.29, 0.717) is 17.5 Å². The zero-order chi connectivity index (χ0) is 33.9. The lowest BCUT2D eigenvalue weighted by Crippen LogP contribution is -2.00. The molecule has 0 radical (unpaired) electrons. The van der Waals surface area contributed by atoms with E-state index in [2.05, 4.69) is 159 Å². The van der Waals surface area contributed by atoms with E-state index in [1.54, 1.807) is 0 Å². The van der Waals surface area contributed by atoms with Crippen molar-refractivity contribution in [2.24, 2.45) is 0 Å². The summed E-state index contributed by atoms with van der Waals surface area (Å²) in [5, 5.41) is 4.86. The van der Waals surface area contributed by atoms with Crippen LogP contribution in [-0.4, -0.2) is 15.0 Å². The standard InChI is InChI=1S/C48H31N3/c1-30-15-13-22-34(29-30)47-49-46(33-20-9-4-10-21-33)50-48(51-47)38-27-28-40-43-37(38)25-14-26-39(43)44-41(31-16-5-2-6-17-31)35-23-11-12-24-36(35)42(45(40)44)32-18-7-3-8-19-32/h2-29H,1H3. The maximum Gasteiger partial charge on any atom is 0.164 e. The Balaban J connectivity index is 1.29. The van der Waals surface area contributed by atoms with Crippen molar-refractivity contribution in [1.82, 2.24) is 15.0 Å². The lowest BCUT2D eigenvalue weighted by Gasteiger charge is -2.20. The Labute approximate surface area is 296 Å². The fraction of sp³-hybridized carbons (Fsp3) is 0.0208. The summed E-state index contributed by atoms with van der Waals surface area (Å²) in [6.07, 6.45) is 0. The molecule has 1 aliphatic rings. The molecule has 0 N–H and O–H groups in total. The smallest absolute Gasteiger partial charge is 0.164 e. The van der Waals surface area contributed by atoms with Crippen molar-refractivity contribution < 1.29 is 0 Å². The minimum absolute atomic E-state index is 0.660. The average Bonchev–Trinajstić information content (AvgIpc) is 3.52. The third kappa shape index (κ3) is 4.70. The molecule has 0 saturated heterocycles. The van der Waals surface area contributed by atoms with Crippen molar-refractivity contribution >= 4 is 21.5 Å². The molecular formula is C48H31N3. The molecule has 3 nitrogen and oxygen atoms in total. The Kier molecular flexibility index (Phi) is 6.71. The predicted octanol–water partition coefficient (Wildman–Crippen LogP) is 12.5. The summed E-state index contributed by atoms with van der Waals surface area (Å²) in [4.78, 5) is 15.3. The first-order valence-electron chi connectivity index (χ1n) is 17.4. The van der Waals surface area contributed by atoms with Crippen LogP contribution in [0.25, 0.3) is 100 Å². The van der Waals surface area contributed by atoms with Crippen molar-refractivity contribution in [3.05, 3.63) is 175 Å². The van der Waals surface area contributed by atoms with E-state index < -0.39 is 0 Å². The molecule has 0 fully saturated rings. The fourth-order valence-corrected chi connectivity index (χ4v) is 7.93. The number of hydrogen-bond acceptors (Lipinski definition) is 3. The van der Waals surface area contributed by atoms with E-state index in [9.17, 15) is 0 Å². The first-order valence-corrected chi connectivity index (χ1v) is 17.4. The Hall–Kier alpha value is -6.71. The van der Waals surface area contributed by atoms with Crippen molar-refractivity contribution in [3.8, 4) is 78.7 Å². The lowest BCUT2D eigenvalue weighted by molar-refractivity contribution is 1.08. The molecule has 1 heterocycles. The van der Waals surface area contributed by atoms with Crippen LogP contribution in [0.15, 0.2) is 170 Å². The maximum atomic E-state index is 5.17. The second kappa shape index (κ2) is 11.7. The van der Waals surface area contributed by atoms with Crippen LogP contribution < -0.4 is 0 Å². The average molecular weight is 650 g/mol. The number of aryl methyl sites for hydroxylation is 1. The number of hydrogen-bond donors (Lipinski definition) is 0. The SMILES string of the molecule is Cc1cccc(-c2nc(-c3ccccc3)nc(-c3ccc4c5c(cccc35)-c3c-4c(-c4ccccc4)c4ccccc4c3-c3ccccc3)n2)c1. The quantitative estimate of drug-likeness (QED) is 0.186. The molecule has 1 aliphatic carbocycles. The van der Waals surface area contributed by atoms with Gasteiger partial charge in [0.05, 0.1) is 0 Å². The molecule has 10 rings (SSSR count). The minimum atomic E-state index is 0.660. The molecule has 9 aromatic rings. The predicted molar refractivity (Wildman–Crippen MR) is 211 cm³/mol. The molecule has 0 spiro atoms. The monoisotopic (exact) mass is 649 g/mol. The van der Waals surface area contributed by atoms with Gasteiger partial charge in [-0.2, -0.15) is 0 Å². The van der Waals surface area contributed by atoms with Crippen molar-refractivity contribution in [1.29, 1.82) is 0 Å². The molecule has 0 aliphatic heterocycles. The number of aromatic nitrogens is 3. The number of benzene rings is 8. The van der Waals surface area contributed by atoms with Crippen LogP contribution >= 0.6 is 0 Å². The highest BCUT2D eigenvalue weighted by molar-refractivity contribution is 6.28. The first kappa shape index (κ1) is 29.2. The van der Waals surface area contributed by atoms with Gasteiger partial charge in [-0.3, -0.25) is 0 Å². The van der Waals surface area contributed by atoms with Crippen LogP contribution in [0.1, 0.15) is 5.56 Å². The second-order valence-electron chi connectivity index (χ2n) is 13.2. The summed E-state index contributed by atoms with van der Waals surface area (Å²) in [6.45, 7) is 2.10. The fourth-order valence-electron chi connectivity index (χ4n) is 7.93. The van der Waals surface area contributed by atoms with Gasteiger partial charge in [0.25, 0.3) is 0 Å². The summed E-state index contributed by atoms with van der Waals surface area (Å²) in [5.41, 5.74) is 14.0. The summed E-state index contributed by atoms with van der Waals surface area (Å²) >= 11 is 0. The zero-order valence-corrected chi connectivity index (χ0v) is 28.0. The molecule has 0 unspecified atom stereocenters. The van der Waals surface area contributed by atoms with Crippen molar-refractivity contribution in [2.75, 3.05) is 0 Å². The van der Waals surface area contributed by atoms with Crippen LogP contribution in [0.3, 0.4) is 0 Å². The third-order valence-electron chi connectivity index (χ3n) is 10.1. The van der Waals surface area contributed by atoms with Crippen molar-refractivity contribution in [2.45, 2.75) is 6.92 Å². The highest BCUT2D eigenvalue weighted by Crippen LogP contribution is 2.58. The van der Waals surface area contributed by atoms with Gasteiger partial charge in [0.2, 0.25) is 0 Å². The normalized spacial score (nSPS) is 11.6. The van der Waals surface area contributed by atoms with Gasteiger partial charge in [-0.15, -0.1) is 0 Å². The van der Waals surface area contributed by atoms with Gasteiger partial charge in [0.1, 0.15) is 0 Å². The number of fused-ring (bicyclic) bond motifs is 4. The molecule has 0 amide bonds. The lowest BCUT2D eigenvalue weighted by atomic mass is 9.82. The molecule has 1 aromatic heterocycles. The van der Waals surface area contributed by atoms with E-state index in [1.807, 2.05) is 18.2 Å². The molecule has 0 saturated carbocycles. The molecule has 51 heavy (non-hydrogen) atoms. The van der Waals surface area contributed by atoms with Crippen LogP contribution in [0.2, 0.25) is 0 Å². The molecule has 0 atom stereocenters. The van der Waals surface area contributed by atoms with Gasteiger partial charge in [-0.1, -0.05) is 163 Å². The highest BCUT2D eigenvalue weighted by atomic mass is 15.0. The second-order valence-corrected chi connectivity index (χ2v) is 13.2. The van der Waals surface area contributed by atoms with Crippen LogP contribution in [0, 0.1) is 6.92 Å². The van der Waals surface area contributed by atoms with Gasteiger partial charge in [-0.05, 0) is 85.1 Å². The highest BCUT2D eigenvalue weighted by Gasteiger charge is 2.31. The topological polar surface area (TPSA) is 38.7 Å². The Morgan fingerprint density at radius 1 is 0.314 bits per heavy atom. The van der Waals surface area contributed by atoms with E-state index in [-0.39, 0.29) is 0 Å². The van der Waals surface area contributed by atoms with Gasteiger partial charge in [0.15, 0.2) is 17.5 Å². The largest absolute Gasteiger partial charge is 0.208 e. The Morgan fingerprint density at radius 2 is 0.765 bits per heavy atom. The minimum Gasteiger partial charge on any atom is -0.208 e. The molecule has 3 heteroatoms. The zero-order valence-electron chi connectivity index (χ0n) is 28.0. The van der Waals surface area contributed by atoms with Gasteiger partial charge >= 0.3 is 0 Å².